The van der Waals surface area contributed by atoms with Crippen molar-refractivity contribution in [1.82, 2.24) is 0 Å². The Morgan fingerprint density at radius 3 is 2.44 bits per heavy atom. The summed E-state index contributed by atoms with van der Waals surface area (Å²) in [6.07, 6.45) is 5.56. The topological polar surface area (TPSA) is 17.1 Å². The molecular weight excluding hydrogens is 376 g/mol. The van der Waals surface area contributed by atoms with E-state index in [-0.39, 0.29) is 5.41 Å². The fourth-order valence-electron chi connectivity index (χ4n) is 3.08. The smallest absolute Gasteiger partial charge is 0.178 e. The zero-order valence-electron chi connectivity index (χ0n) is 10.8. The van der Waals surface area contributed by atoms with E-state index in [0.717, 1.165) is 32.4 Å². The maximum atomic E-state index is 12.8. The van der Waals surface area contributed by atoms with Crippen molar-refractivity contribution in [2.45, 2.75) is 46.0 Å². The highest BCUT2D eigenvalue weighted by atomic mass is 79.9. The highest BCUT2D eigenvalue weighted by Gasteiger charge is 2.42. The van der Waals surface area contributed by atoms with Crippen LogP contribution in [0.1, 0.15) is 55.6 Å². The minimum Gasteiger partial charge on any atom is -0.293 e. The first kappa shape index (κ1) is 14.7. The molecule has 0 amide bonds. The van der Waals surface area contributed by atoms with Gasteiger partial charge in [-0.3, -0.25) is 4.79 Å². The van der Waals surface area contributed by atoms with Crippen molar-refractivity contribution in [3.8, 4) is 0 Å². The van der Waals surface area contributed by atoms with Crippen LogP contribution in [0.2, 0.25) is 0 Å². The van der Waals surface area contributed by atoms with Gasteiger partial charge >= 0.3 is 0 Å². The summed E-state index contributed by atoms with van der Waals surface area (Å²) in [6.45, 7) is 4.43. The van der Waals surface area contributed by atoms with Gasteiger partial charge in [-0.25, -0.2) is 0 Å². The number of thiophene rings is 1. The zero-order valence-corrected chi connectivity index (χ0v) is 14.8. The summed E-state index contributed by atoms with van der Waals surface area (Å²) >= 11 is 8.51. The Kier molecular flexibility index (Phi) is 4.71. The zero-order chi connectivity index (χ0) is 13.3. The number of Topliss-reactive ketones (excluding diaryl/α,β-unsaturated/α-hetero) is 1. The second kappa shape index (κ2) is 5.76. The Bertz CT molecular complexity index is 425. The van der Waals surface area contributed by atoms with Crippen LogP contribution in [0, 0.1) is 11.3 Å². The average Bonchev–Trinajstić information content (AvgIpc) is 2.86. The maximum Gasteiger partial charge on any atom is 0.178 e. The van der Waals surface area contributed by atoms with E-state index in [4.69, 9.17) is 0 Å². The molecule has 0 aromatic carbocycles. The summed E-state index contributed by atoms with van der Waals surface area (Å²) in [5.41, 5.74) is -0.0854. The molecule has 1 heterocycles. The van der Waals surface area contributed by atoms with Crippen LogP contribution in [0.3, 0.4) is 0 Å². The van der Waals surface area contributed by atoms with Crippen LogP contribution in [0.15, 0.2) is 14.3 Å². The molecule has 1 nitrogen and oxygen atoms in total. The van der Waals surface area contributed by atoms with Gasteiger partial charge in [0, 0.05) is 9.89 Å². The van der Waals surface area contributed by atoms with Gasteiger partial charge in [-0.1, -0.05) is 26.7 Å². The van der Waals surface area contributed by atoms with Crippen LogP contribution in [0.25, 0.3) is 0 Å². The molecule has 1 aliphatic carbocycles. The van der Waals surface area contributed by atoms with E-state index >= 15 is 0 Å². The van der Waals surface area contributed by atoms with Crippen LogP contribution in [0.4, 0.5) is 0 Å². The van der Waals surface area contributed by atoms with Crippen molar-refractivity contribution >= 4 is 49.0 Å². The SMILES string of the molecule is CC(C)CC1(C(=O)c2cc(Br)c(Br)s2)CCCC1. The van der Waals surface area contributed by atoms with Crippen molar-refractivity contribution in [2.24, 2.45) is 11.3 Å². The number of rotatable bonds is 4. The summed E-state index contributed by atoms with van der Waals surface area (Å²) in [5.74, 6) is 0.948. The van der Waals surface area contributed by atoms with Gasteiger partial charge in [-0.15, -0.1) is 11.3 Å². The van der Waals surface area contributed by atoms with Crippen molar-refractivity contribution in [2.75, 3.05) is 0 Å². The monoisotopic (exact) mass is 392 g/mol. The summed E-state index contributed by atoms with van der Waals surface area (Å²) in [4.78, 5) is 13.7. The van der Waals surface area contributed by atoms with Gasteiger partial charge in [0.05, 0.1) is 8.66 Å². The number of halogens is 2. The minimum atomic E-state index is -0.0854. The van der Waals surface area contributed by atoms with Crippen LogP contribution in [-0.2, 0) is 0 Å². The largest absolute Gasteiger partial charge is 0.293 e. The minimum absolute atomic E-state index is 0.0854. The highest BCUT2D eigenvalue weighted by molar-refractivity contribution is 9.13. The van der Waals surface area contributed by atoms with Crippen LogP contribution < -0.4 is 0 Å². The molecule has 1 aromatic rings. The molecule has 0 spiro atoms. The van der Waals surface area contributed by atoms with Crippen LogP contribution in [-0.4, -0.2) is 5.78 Å². The van der Waals surface area contributed by atoms with Gasteiger partial charge in [0.2, 0.25) is 0 Å². The first-order valence-electron chi connectivity index (χ1n) is 6.44. The molecular formula is C14H18Br2OS. The first-order valence-corrected chi connectivity index (χ1v) is 8.84. The Labute approximate surface area is 130 Å². The molecule has 0 aliphatic heterocycles. The van der Waals surface area contributed by atoms with Gasteiger partial charge in [-0.2, -0.15) is 0 Å². The Hall–Kier alpha value is 0.330. The summed E-state index contributed by atoms with van der Waals surface area (Å²) in [5, 5.41) is 0. The summed E-state index contributed by atoms with van der Waals surface area (Å²) in [6, 6.07) is 1.97. The normalized spacial score (nSPS) is 18.5. The molecule has 18 heavy (non-hydrogen) atoms. The highest BCUT2D eigenvalue weighted by Crippen LogP contribution is 2.47. The van der Waals surface area contributed by atoms with Gasteiger partial charge in [0.25, 0.3) is 0 Å². The van der Waals surface area contributed by atoms with Gasteiger partial charge in [0.15, 0.2) is 5.78 Å². The van der Waals surface area contributed by atoms with E-state index in [1.54, 1.807) is 11.3 Å². The predicted octanol–water partition coefficient (Wildman–Crippen LogP) is 6.06. The molecule has 0 radical (unpaired) electrons. The Morgan fingerprint density at radius 1 is 1.39 bits per heavy atom. The van der Waals surface area contributed by atoms with E-state index in [1.807, 2.05) is 6.07 Å². The molecule has 4 heteroatoms. The lowest BCUT2D eigenvalue weighted by atomic mass is 9.74. The average molecular weight is 394 g/mol. The predicted molar refractivity (Wildman–Crippen MR) is 84.4 cm³/mol. The second-order valence-corrected chi connectivity index (χ2v) is 8.87. The van der Waals surface area contributed by atoms with E-state index in [0.29, 0.717) is 11.7 Å². The standard InChI is InChI=1S/C14H18Br2OS/c1-9(2)8-14(5-3-4-6-14)12(17)11-7-10(15)13(16)18-11/h7,9H,3-6,8H2,1-2H3. The van der Waals surface area contributed by atoms with Crippen molar-refractivity contribution < 1.29 is 4.79 Å². The molecule has 1 aliphatic rings. The molecule has 0 atom stereocenters. The lowest BCUT2D eigenvalue weighted by Gasteiger charge is -2.28. The molecule has 1 fully saturated rings. The molecule has 100 valence electrons. The molecule has 1 aromatic heterocycles. The third-order valence-corrected chi connectivity index (χ3v) is 6.97. The quantitative estimate of drug-likeness (QED) is 0.568. The van der Waals surface area contributed by atoms with Gasteiger partial charge < -0.3 is 0 Å². The number of hydrogen-bond donors (Lipinski definition) is 0. The maximum absolute atomic E-state index is 12.8. The summed E-state index contributed by atoms with van der Waals surface area (Å²) in [7, 11) is 0. The number of carbonyl (C=O) groups excluding carboxylic acids is 1. The van der Waals surface area contributed by atoms with E-state index in [1.165, 1.54) is 12.8 Å². The Balaban J connectivity index is 2.28. The molecule has 0 N–H and O–H groups in total. The van der Waals surface area contributed by atoms with Gasteiger partial charge in [-0.05, 0) is 63.1 Å². The van der Waals surface area contributed by atoms with Crippen LogP contribution >= 0.6 is 43.2 Å². The van der Waals surface area contributed by atoms with Crippen molar-refractivity contribution in [3.63, 3.8) is 0 Å². The summed E-state index contributed by atoms with van der Waals surface area (Å²) < 4.78 is 2.01. The fourth-order valence-corrected chi connectivity index (χ4v) is 5.17. The lowest BCUT2D eigenvalue weighted by molar-refractivity contribution is 0.0764. The van der Waals surface area contributed by atoms with E-state index < -0.39 is 0 Å². The first-order chi connectivity index (χ1) is 8.44. The third kappa shape index (κ3) is 2.91. The van der Waals surface area contributed by atoms with E-state index in [9.17, 15) is 4.79 Å². The molecule has 2 rings (SSSR count). The number of ketones is 1. The lowest BCUT2D eigenvalue weighted by Crippen LogP contribution is -2.29. The number of hydrogen-bond acceptors (Lipinski definition) is 2. The molecule has 0 bridgehead atoms. The molecule has 1 saturated carbocycles. The second-order valence-electron chi connectivity index (χ2n) is 5.65. The molecule has 0 saturated heterocycles. The molecule has 0 unspecified atom stereocenters. The van der Waals surface area contributed by atoms with E-state index in [2.05, 4.69) is 45.7 Å². The third-order valence-electron chi connectivity index (χ3n) is 3.71. The Morgan fingerprint density at radius 2 is 2.00 bits per heavy atom. The van der Waals surface area contributed by atoms with Crippen molar-refractivity contribution in [3.05, 3.63) is 19.2 Å². The number of carbonyl (C=O) groups is 1. The van der Waals surface area contributed by atoms with Gasteiger partial charge in [0.1, 0.15) is 0 Å². The van der Waals surface area contributed by atoms with Crippen molar-refractivity contribution in [1.29, 1.82) is 0 Å². The van der Waals surface area contributed by atoms with Crippen LogP contribution in [0.5, 0.6) is 0 Å². The fraction of sp³-hybridized carbons (Fsp3) is 0.643.